The van der Waals surface area contributed by atoms with Crippen LogP contribution in [0.25, 0.3) is 0 Å². The first-order chi connectivity index (χ1) is 10.9. The minimum atomic E-state index is -1.00. The van der Waals surface area contributed by atoms with E-state index in [0.29, 0.717) is 12.8 Å². The van der Waals surface area contributed by atoms with E-state index in [-0.39, 0.29) is 11.1 Å². The molecule has 0 fully saturated rings. The summed E-state index contributed by atoms with van der Waals surface area (Å²) in [4.78, 5) is 11.2. The summed E-state index contributed by atoms with van der Waals surface area (Å²) >= 11 is 0. The van der Waals surface area contributed by atoms with Gasteiger partial charge in [-0.25, -0.2) is 0 Å². The van der Waals surface area contributed by atoms with Crippen LogP contribution in [0.3, 0.4) is 0 Å². The molecule has 1 aromatic rings. The first-order valence-electron chi connectivity index (χ1n) is 8.08. The molecule has 0 spiro atoms. The van der Waals surface area contributed by atoms with Crippen molar-refractivity contribution in [1.29, 1.82) is 0 Å². The van der Waals surface area contributed by atoms with E-state index >= 15 is 0 Å². The van der Waals surface area contributed by atoms with E-state index in [1.54, 1.807) is 7.11 Å². The number of hydrogen-bond acceptors (Lipinski definition) is 4. The highest BCUT2D eigenvalue weighted by atomic mass is 31.2. The summed E-state index contributed by atoms with van der Waals surface area (Å²) in [5.41, 5.74) is 2.17. The highest BCUT2D eigenvalue weighted by molar-refractivity contribution is 7.49. The molecule has 0 N–H and O–H groups in total. The zero-order valence-electron chi connectivity index (χ0n) is 15.1. The van der Waals surface area contributed by atoms with Crippen LogP contribution in [0.4, 0.5) is 0 Å². The van der Waals surface area contributed by atoms with Gasteiger partial charge >= 0.3 is 5.97 Å². The topological polar surface area (TPSA) is 44.8 Å². The summed E-state index contributed by atoms with van der Waals surface area (Å²) in [6, 6.07) is 6.04. The normalized spacial score (nSPS) is 12.8. The molecule has 0 aliphatic rings. The largest absolute Gasteiger partial charge is 0.469 e. The molecule has 0 aromatic heterocycles. The number of rotatable bonds is 9. The second kappa shape index (κ2) is 9.24. The molecule has 1 rings (SSSR count). The SMILES string of the molecule is CCC(C)(CC)P(OC)Oc1ccc(CCC(=O)OC)cc1C. The van der Waals surface area contributed by atoms with Gasteiger partial charge in [-0.3, -0.25) is 4.79 Å². The average molecular weight is 340 g/mol. The highest BCUT2D eigenvalue weighted by Gasteiger charge is 2.35. The van der Waals surface area contributed by atoms with E-state index in [1.165, 1.54) is 7.11 Å². The Morgan fingerprint density at radius 3 is 2.35 bits per heavy atom. The van der Waals surface area contributed by atoms with Crippen LogP contribution in [0.5, 0.6) is 5.75 Å². The summed E-state index contributed by atoms with van der Waals surface area (Å²) in [6.45, 7) is 8.58. The minimum Gasteiger partial charge on any atom is -0.469 e. The number of carbonyl (C=O) groups excluding carboxylic acids is 1. The molecule has 4 nitrogen and oxygen atoms in total. The molecule has 0 bridgehead atoms. The standard InChI is InChI=1S/C18H29O4P/c1-7-18(4,8-2)23(21-6)22-16-11-9-15(13-14(16)3)10-12-17(19)20-5/h9,11,13H,7-8,10,12H2,1-6H3. The van der Waals surface area contributed by atoms with Crippen molar-refractivity contribution in [3.8, 4) is 5.75 Å². The first-order valence-corrected chi connectivity index (χ1v) is 9.26. The van der Waals surface area contributed by atoms with E-state index in [1.807, 2.05) is 19.1 Å². The molecule has 130 valence electrons. The molecular formula is C18H29O4P. The van der Waals surface area contributed by atoms with Gasteiger partial charge in [0.1, 0.15) is 5.75 Å². The molecular weight excluding hydrogens is 311 g/mol. The fourth-order valence-electron chi connectivity index (χ4n) is 2.28. The van der Waals surface area contributed by atoms with Gasteiger partial charge in [0.15, 0.2) is 0 Å². The average Bonchev–Trinajstić information content (AvgIpc) is 2.58. The quantitative estimate of drug-likeness (QED) is 0.468. The van der Waals surface area contributed by atoms with Crippen molar-refractivity contribution in [3.05, 3.63) is 29.3 Å². The third kappa shape index (κ3) is 5.47. The van der Waals surface area contributed by atoms with Gasteiger partial charge in [-0.15, -0.1) is 0 Å². The molecule has 5 heteroatoms. The zero-order valence-corrected chi connectivity index (χ0v) is 16.0. The first kappa shape index (κ1) is 19.9. The molecule has 23 heavy (non-hydrogen) atoms. The van der Waals surface area contributed by atoms with Crippen molar-refractivity contribution in [2.45, 2.75) is 58.5 Å². The van der Waals surface area contributed by atoms with Crippen LogP contribution in [0.2, 0.25) is 0 Å². The summed E-state index contributed by atoms with van der Waals surface area (Å²) in [5.74, 6) is 0.667. The molecule has 0 heterocycles. The van der Waals surface area contributed by atoms with Gasteiger partial charge in [0, 0.05) is 18.7 Å². The molecule has 1 atom stereocenters. The second-order valence-corrected chi connectivity index (χ2v) is 8.05. The van der Waals surface area contributed by atoms with Gasteiger partial charge in [0.05, 0.1) is 7.11 Å². The fraction of sp³-hybridized carbons (Fsp3) is 0.611. The molecule has 1 unspecified atom stereocenters. The summed E-state index contributed by atoms with van der Waals surface area (Å²) < 4.78 is 16.5. The van der Waals surface area contributed by atoms with Crippen LogP contribution in [0.1, 0.15) is 51.2 Å². The van der Waals surface area contributed by atoms with Gasteiger partial charge < -0.3 is 13.8 Å². The zero-order chi connectivity index (χ0) is 17.5. The number of esters is 1. The van der Waals surface area contributed by atoms with Crippen LogP contribution in [-0.2, 0) is 20.5 Å². The van der Waals surface area contributed by atoms with E-state index in [4.69, 9.17) is 9.05 Å². The summed E-state index contributed by atoms with van der Waals surface area (Å²) in [6.07, 6.45) is 3.09. The van der Waals surface area contributed by atoms with Crippen molar-refractivity contribution < 1.29 is 18.6 Å². The van der Waals surface area contributed by atoms with E-state index in [0.717, 1.165) is 29.7 Å². The Kier molecular flexibility index (Phi) is 8.01. The Labute approximate surface area is 141 Å². The van der Waals surface area contributed by atoms with Crippen molar-refractivity contribution in [2.75, 3.05) is 14.2 Å². The van der Waals surface area contributed by atoms with Crippen molar-refractivity contribution in [1.82, 2.24) is 0 Å². The molecule has 0 aliphatic carbocycles. The number of aryl methyl sites for hydroxylation is 2. The van der Waals surface area contributed by atoms with Gasteiger partial charge in [-0.1, -0.05) is 32.9 Å². The second-order valence-electron chi connectivity index (χ2n) is 5.91. The lowest BCUT2D eigenvalue weighted by atomic mass is 10.1. The molecule has 1 aromatic carbocycles. The smallest absolute Gasteiger partial charge is 0.305 e. The monoisotopic (exact) mass is 340 g/mol. The van der Waals surface area contributed by atoms with Crippen LogP contribution >= 0.6 is 8.38 Å². The van der Waals surface area contributed by atoms with Gasteiger partial charge in [-0.05, 0) is 43.4 Å². The highest BCUT2D eigenvalue weighted by Crippen LogP contribution is 2.54. The number of carbonyl (C=O) groups is 1. The Morgan fingerprint density at radius 1 is 1.22 bits per heavy atom. The van der Waals surface area contributed by atoms with Gasteiger partial charge in [-0.2, -0.15) is 0 Å². The lowest BCUT2D eigenvalue weighted by molar-refractivity contribution is -0.140. The van der Waals surface area contributed by atoms with E-state index in [2.05, 4.69) is 31.6 Å². The predicted octanol–water partition coefficient (Wildman–Crippen LogP) is 5.02. The van der Waals surface area contributed by atoms with E-state index in [9.17, 15) is 4.79 Å². The lowest BCUT2D eigenvalue weighted by Crippen LogP contribution is -2.23. The van der Waals surface area contributed by atoms with Crippen LogP contribution in [-0.4, -0.2) is 25.3 Å². The number of benzene rings is 1. The third-order valence-electron chi connectivity index (χ3n) is 4.40. The number of hydrogen-bond donors (Lipinski definition) is 0. The Balaban J connectivity index is 2.83. The predicted molar refractivity (Wildman–Crippen MR) is 95.1 cm³/mol. The maximum atomic E-state index is 11.2. The maximum Gasteiger partial charge on any atom is 0.305 e. The van der Waals surface area contributed by atoms with E-state index < -0.39 is 8.38 Å². The molecule has 0 saturated carbocycles. The summed E-state index contributed by atoms with van der Waals surface area (Å²) in [7, 11) is 2.13. The lowest BCUT2D eigenvalue weighted by Gasteiger charge is -2.33. The van der Waals surface area contributed by atoms with Crippen LogP contribution in [0, 0.1) is 6.92 Å². The Morgan fingerprint density at radius 2 is 1.87 bits per heavy atom. The number of ether oxygens (including phenoxy) is 1. The third-order valence-corrected chi connectivity index (χ3v) is 6.60. The Hall–Kier alpha value is -1.12. The van der Waals surface area contributed by atoms with Crippen molar-refractivity contribution in [3.63, 3.8) is 0 Å². The van der Waals surface area contributed by atoms with Crippen molar-refractivity contribution in [2.24, 2.45) is 0 Å². The molecule has 0 saturated heterocycles. The molecule has 0 radical (unpaired) electrons. The van der Waals surface area contributed by atoms with Gasteiger partial charge in [0.2, 0.25) is 8.38 Å². The fourth-order valence-corrected chi connectivity index (χ4v) is 3.92. The van der Waals surface area contributed by atoms with Gasteiger partial charge in [0.25, 0.3) is 0 Å². The maximum absolute atomic E-state index is 11.2. The van der Waals surface area contributed by atoms with Crippen LogP contribution in [0.15, 0.2) is 18.2 Å². The Bertz CT molecular complexity index is 512. The number of methoxy groups -OCH3 is 1. The van der Waals surface area contributed by atoms with Crippen LogP contribution < -0.4 is 4.52 Å². The summed E-state index contributed by atoms with van der Waals surface area (Å²) in [5, 5.41) is 0.0417. The molecule has 0 aliphatic heterocycles. The van der Waals surface area contributed by atoms with Crippen molar-refractivity contribution >= 4 is 14.3 Å². The molecule has 0 amide bonds. The minimum absolute atomic E-state index is 0.0417.